The van der Waals surface area contributed by atoms with Crippen LogP contribution in [0.25, 0.3) is 0 Å². The van der Waals surface area contributed by atoms with Crippen molar-refractivity contribution in [2.75, 3.05) is 6.54 Å². The summed E-state index contributed by atoms with van der Waals surface area (Å²) in [5, 5.41) is 2.52. The van der Waals surface area contributed by atoms with E-state index in [4.69, 9.17) is 5.73 Å². The smallest absolute Gasteiger partial charge is 0.260 e. The highest BCUT2D eigenvalue weighted by Gasteiger charge is 2.18. The molecule has 1 aromatic carbocycles. The van der Waals surface area contributed by atoms with Gasteiger partial charge in [-0.05, 0) is 36.2 Å². The number of amides is 2. The summed E-state index contributed by atoms with van der Waals surface area (Å²) in [5.74, 6) is -2.21. The van der Waals surface area contributed by atoms with Gasteiger partial charge in [0, 0.05) is 12.7 Å². The van der Waals surface area contributed by atoms with Crippen LogP contribution in [0.4, 0.5) is 4.39 Å². The first kappa shape index (κ1) is 16.4. The number of H-pyrrole nitrogens is 1. The number of hydrogen-bond acceptors (Lipinski definition) is 3. The Morgan fingerprint density at radius 3 is 2.52 bits per heavy atom. The van der Waals surface area contributed by atoms with E-state index in [1.165, 1.54) is 30.5 Å². The van der Waals surface area contributed by atoms with E-state index in [2.05, 4.69) is 10.3 Å². The lowest BCUT2D eigenvalue weighted by Gasteiger charge is -2.14. The SMILES string of the molecule is NC(=O)[C@@H](CNC(=O)c1ccc[nH]c1=O)Cc1ccc(F)cc1. The molecule has 120 valence electrons. The quantitative estimate of drug-likeness (QED) is 0.726. The molecule has 2 aromatic rings. The molecule has 2 rings (SSSR count). The lowest BCUT2D eigenvalue weighted by Crippen LogP contribution is -2.38. The fourth-order valence-corrected chi connectivity index (χ4v) is 2.09. The predicted octanol–water partition coefficient (Wildman–Crippen LogP) is 0.588. The van der Waals surface area contributed by atoms with Crippen molar-refractivity contribution in [1.82, 2.24) is 10.3 Å². The van der Waals surface area contributed by atoms with E-state index >= 15 is 0 Å². The molecule has 23 heavy (non-hydrogen) atoms. The van der Waals surface area contributed by atoms with Crippen LogP contribution in [-0.4, -0.2) is 23.3 Å². The Kier molecular flexibility index (Phi) is 5.24. The lowest BCUT2D eigenvalue weighted by atomic mass is 9.98. The molecule has 7 heteroatoms. The molecule has 0 bridgehead atoms. The minimum atomic E-state index is -0.660. The maximum absolute atomic E-state index is 12.9. The molecular formula is C16H16FN3O3. The van der Waals surface area contributed by atoms with Crippen molar-refractivity contribution in [1.29, 1.82) is 0 Å². The highest BCUT2D eigenvalue weighted by atomic mass is 19.1. The Hall–Kier alpha value is -2.96. The number of aromatic nitrogens is 1. The third kappa shape index (κ3) is 4.50. The summed E-state index contributed by atoms with van der Waals surface area (Å²) < 4.78 is 12.9. The second-order valence-electron chi connectivity index (χ2n) is 5.05. The third-order valence-electron chi connectivity index (χ3n) is 3.37. The number of carbonyl (C=O) groups is 2. The number of pyridine rings is 1. The van der Waals surface area contributed by atoms with Crippen LogP contribution in [0.5, 0.6) is 0 Å². The van der Waals surface area contributed by atoms with E-state index in [-0.39, 0.29) is 24.3 Å². The molecule has 4 N–H and O–H groups in total. The molecule has 0 aliphatic rings. The third-order valence-corrected chi connectivity index (χ3v) is 3.37. The van der Waals surface area contributed by atoms with Gasteiger partial charge >= 0.3 is 0 Å². The molecule has 0 fully saturated rings. The molecule has 0 saturated heterocycles. The summed E-state index contributed by atoms with van der Waals surface area (Å²) in [5.41, 5.74) is 5.50. The van der Waals surface area contributed by atoms with Gasteiger partial charge in [0.2, 0.25) is 5.91 Å². The van der Waals surface area contributed by atoms with Gasteiger partial charge in [0.05, 0.1) is 5.92 Å². The number of nitrogens with one attached hydrogen (secondary N) is 2. The van der Waals surface area contributed by atoms with Gasteiger partial charge in [-0.2, -0.15) is 0 Å². The molecule has 1 heterocycles. The molecule has 6 nitrogen and oxygen atoms in total. The summed E-state index contributed by atoms with van der Waals surface area (Å²) in [6.07, 6.45) is 1.68. The number of carbonyl (C=O) groups excluding carboxylic acids is 2. The Labute approximate surface area is 131 Å². The summed E-state index contributed by atoms with van der Waals surface area (Å²) in [7, 11) is 0. The van der Waals surface area contributed by atoms with Crippen LogP contribution in [0, 0.1) is 11.7 Å². The largest absolute Gasteiger partial charge is 0.369 e. The normalized spacial score (nSPS) is 11.7. The average molecular weight is 317 g/mol. The second kappa shape index (κ2) is 7.35. The second-order valence-corrected chi connectivity index (χ2v) is 5.05. The summed E-state index contributed by atoms with van der Waals surface area (Å²) >= 11 is 0. The highest BCUT2D eigenvalue weighted by molar-refractivity contribution is 5.94. The van der Waals surface area contributed by atoms with E-state index < -0.39 is 23.3 Å². The van der Waals surface area contributed by atoms with Crippen LogP contribution in [0.1, 0.15) is 15.9 Å². The molecule has 1 atom stereocenters. The van der Waals surface area contributed by atoms with Gasteiger partial charge < -0.3 is 16.0 Å². The Bertz CT molecular complexity index is 756. The topological polar surface area (TPSA) is 105 Å². The van der Waals surface area contributed by atoms with Crippen LogP contribution in [-0.2, 0) is 11.2 Å². The van der Waals surface area contributed by atoms with Crippen LogP contribution in [0.15, 0.2) is 47.4 Å². The average Bonchev–Trinajstić information content (AvgIpc) is 2.53. The van der Waals surface area contributed by atoms with Crippen LogP contribution >= 0.6 is 0 Å². The van der Waals surface area contributed by atoms with Gasteiger partial charge in [-0.15, -0.1) is 0 Å². The van der Waals surface area contributed by atoms with Crippen molar-refractivity contribution < 1.29 is 14.0 Å². The summed E-state index contributed by atoms with van der Waals surface area (Å²) in [4.78, 5) is 37.4. The molecule has 1 aromatic heterocycles. The minimum Gasteiger partial charge on any atom is -0.369 e. The summed E-state index contributed by atoms with van der Waals surface area (Å²) in [6, 6.07) is 8.59. The molecule has 0 spiro atoms. The van der Waals surface area contributed by atoms with Gasteiger partial charge in [0.1, 0.15) is 11.4 Å². The fourth-order valence-electron chi connectivity index (χ4n) is 2.09. The summed E-state index contributed by atoms with van der Waals surface area (Å²) in [6.45, 7) is -0.0140. The first-order valence-electron chi connectivity index (χ1n) is 6.97. The van der Waals surface area contributed by atoms with Gasteiger partial charge in [0.15, 0.2) is 0 Å². The van der Waals surface area contributed by atoms with E-state index in [0.29, 0.717) is 0 Å². The highest BCUT2D eigenvalue weighted by Crippen LogP contribution is 2.09. The molecule has 0 unspecified atom stereocenters. The number of halogens is 1. The zero-order valence-electron chi connectivity index (χ0n) is 12.2. The Morgan fingerprint density at radius 1 is 1.22 bits per heavy atom. The molecule has 0 aliphatic heterocycles. The number of hydrogen-bond donors (Lipinski definition) is 3. The number of nitrogens with two attached hydrogens (primary N) is 1. The van der Waals surface area contributed by atoms with Crippen LogP contribution < -0.4 is 16.6 Å². The standard InChI is InChI=1S/C16H16FN3O3/c17-12-5-3-10(4-6-12)8-11(14(18)21)9-20-16(23)13-2-1-7-19-15(13)22/h1-7,11H,8-9H2,(H2,18,21)(H,19,22)(H,20,23)/t11-/m1/s1. The van der Waals surface area contributed by atoms with E-state index in [1.807, 2.05) is 0 Å². The zero-order chi connectivity index (χ0) is 16.8. The minimum absolute atomic E-state index is 0.0140. The molecular weight excluding hydrogens is 301 g/mol. The van der Waals surface area contributed by atoms with E-state index in [0.717, 1.165) is 5.56 Å². The lowest BCUT2D eigenvalue weighted by molar-refractivity contribution is -0.121. The van der Waals surface area contributed by atoms with Gasteiger partial charge in [-0.3, -0.25) is 14.4 Å². The Morgan fingerprint density at radius 2 is 1.91 bits per heavy atom. The molecule has 0 saturated carbocycles. The van der Waals surface area contributed by atoms with Crippen molar-refractivity contribution in [2.24, 2.45) is 11.7 Å². The molecule has 2 amide bonds. The predicted molar refractivity (Wildman–Crippen MR) is 82.2 cm³/mol. The van der Waals surface area contributed by atoms with E-state index in [1.54, 1.807) is 12.1 Å². The van der Waals surface area contributed by atoms with Gasteiger partial charge in [0.25, 0.3) is 11.5 Å². The first-order chi connectivity index (χ1) is 11.0. The number of aromatic amines is 1. The van der Waals surface area contributed by atoms with E-state index in [9.17, 15) is 18.8 Å². The maximum atomic E-state index is 12.9. The fraction of sp³-hybridized carbons (Fsp3) is 0.188. The number of rotatable bonds is 6. The van der Waals surface area contributed by atoms with Crippen LogP contribution in [0.3, 0.4) is 0 Å². The zero-order valence-corrected chi connectivity index (χ0v) is 12.2. The van der Waals surface area contributed by atoms with Crippen molar-refractivity contribution >= 4 is 11.8 Å². The maximum Gasteiger partial charge on any atom is 0.260 e. The van der Waals surface area contributed by atoms with Crippen molar-refractivity contribution in [2.45, 2.75) is 6.42 Å². The molecule has 0 radical (unpaired) electrons. The van der Waals surface area contributed by atoms with Crippen molar-refractivity contribution in [3.8, 4) is 0 Å². The van der Waals surface area contributed by atoms with Gasteiger partial charge in [-0.25, -0.2) is 4.39 Å². The number of benzene rings is 1. The monoisotopic (exact) mass is 317 g/mol. The van der Waals surface area contributed by atoms with Gasteiger partial charge in [-0.1, -0.05) is 12.1 Å². The molecule has 0 aliphatic carbocycles. The number of primary amides is 1. The first-order valence-corrected chi connectivity index (χ1v) is 6.97. The van der Waals surface area contributed by atoms with Crippen LogP contribution in [0.2, 0.25) is 0 Å². The Balaban J connectivity index is 2.01. The van der Waals surface area contributed by atoms with Crippen molar-refractivity contribution in [3.63, 3.8) is 0 Å². The van der Waals surface area contributed by atoms with Crippen molar-refractivity contribution in [3.05, 3.63) is 69.9 Å².